The van der Waals surface area contributed by atoms with Crippen LogP contribution in [0.15, 0.2) is 57.7 Å². The summed E-state index contributed by atoms with van der Waals surface area (Å²) in [5.74, 6) is -0.869. The Morgan fingerprint density at radius 2 is 1.86 bits per heavy atom. The fourth-order valence-corrected chi connectivity index (χ4v) is 3.70. The third-order valence-electron chi connectivity index (χ3n) is 4.96. The van der Waals surface area contributed by atoms with Crippen LogP contribution < -0.4 is 5.43 Å². The predicted octanol–water partition coefficient (Wildman–Crippen LogP) is 3.90. The predicted molar refractivity (Wildman–Crippen MR) is 103 cm³/mol. The third-order valence-corrected chi connectivity index (χ3v) is 4.96. The molecule has 1 aromatic heterocycles. The van der Waals surface area contributed by atoms with Crippen molar-refractivity contribution < 1.29 is 18.3 Å². The number of benzene rings is 2. The van der Waals surface area contributed by atoms with Gasteiger partial charge in [0.25, 0.3) is 5.91 Å². The summed E-state index contributed by atoms with van der Waals surface area (Å²) < 4.78 is 25.8. The second kappa shape index (κ2) is 7.56. The average molecular weight is 381 g/mol. The van der Waals surface area contributed by atoms with Crippen molar-refractivity contribution in [2.75, 3.05) is 19.8 Å². The van der Waals surface area contributed by atoms with E-state index >= 15 is 0 Å². The van der Waals surface area contributed by atoms with Gasteiger partial charge in [0.05, 0.1) is 17.0 Å². The average Bonchev–Trinajstić information content (AvgIpc) is 2.98. The number of para-hydroxylation sites is 1. The van der Waals surface area contributed by atoms with Gasteiger partial charge in [-0.15, -0.1) is 0 Å². The molecule has 0 bridgehead atoms. The molecule has 5 nitrogen and oxygen atoms in total. The van der Waals surface area contributed by atoms with Crippen LogP contribution in [0.3, 0.4) is 0 Å². The van der Waals surface area contributed by atoms with E-state index in [9.17, 15) is 14.0 Å². The first-order valence-electron chi connectivity index (χ1n) is 9.32. The van der Waals surface area contributed by atoms with Gasteiger partial charge in [-0.25, -0.2) is 4.39 Å². The Kier molecular flexibility index (Phi) is 4.96. The van der Waals surface area contributed by atoms with Crippen LogP contribution in [0.5, 0.6) is 0 Å². The lowest BCUT2D eigenvalue weighted by molar-refractivity contribution is 0.0694. The number of carbonyl (C=O) groups excluding carboxylic acids is 1. The van der Waals surface area contributed by atoms with E-state index in [1.807, 2.05) is 6.92 Å². The molecule has 2 heterocycles. The van der Waals surface area contributed by atoms with E-state index in [2.05, 4.69) is 0 Å². The number of halogens is 1. The van der Waals surface area contributed by atoms with Crippen LogP contribution in [0.4, 0.5) is 4.39 Å². The largest absolute Gasteiger partial charge is 0.450 e. The highest BCUT2D eigenvalue weighted by Crippen LogP contribution is 2.38. The first-order valence-corrected chi connectivity index (χ1v) is 9.32. The Morgan fingerprint density at radius 1 is 1.11 bits per heavy atom. The van der Waals surface area contributed by atoms with Gasteiger partial charge in [-0.05, 0) is 31.5 Å². The molecule has 0 radical (unpaired) electrons. The molecular weight excluding hydrogens is 361 g/mol. The number of hydrogen-bond donors (Lipinski definition) is 0. The molecule has 1 amide bonds. The van der Waals surface area contributed by atoms with Crippen LogP contribution in [-0.4, -0.2) is 30.6 Å². The molecule has 0 saturated carbocycles. The topological polar surface area (TPSA) is 59.8 Å². The normalized spacial score (nSPS) is 16.0. The first-order chi connectivity index (χ1) is 13.6. The highest BCUT2D eigenvalue weighted by molar-refractivity contribution is 5.99. The molecule has 0 saturated heterocycles. The van der Waals surface area contributed by atoms with E-state index in [4.69, 9.17) is 9.15 Å². The van der Waals surface area contributed by atoms with Gasteiger partial charge in [0.1, 0.15) is 11.4 Å². The molecule has 0 aliphatic carbocycles. The maximum atomic E-state index is 14.6. The maximum Gasteiger partial charge on any atom is 0.290 e. The Balaban J connectivity index is 1.87. The fourth-order valence-electron chi connectivity index (χ4n) is 3.70. The molecular formula is C22H20FNO4. The van der Waals surface area contributed by atoms with Crippen LogP contribution in [0, 0.1) is 5.82 Å². The van der Waals surface area contributed by atoms with Crippen LogP contribution in [-0.2, 0) is 4.74 Å². The van der Waals surface area contributed by atoms with Crippen LogP contribution in [0.1, 0.15) is 41.1 Å². The van der Waals surface area contributed by atoms with Crippen molar-refractivity contribution in [2.24, 2.45) is 0 Å². The summed E-state index contributed by atoms with van der Waals surface area (Å²) in [4.78, 5) is 27.8. The minimum atomic E-state index is -0.814. The summed E-state index contributed by atoms with van der Waals surface area (Å²) in [6.45, 7) is 3.28. The number of rotatable bonds is 6. The molecule has 2 aromatic carbocycles. The first kappa shape index (κ1) is 18.4. The Morgan fingerprint density at radius 3 is 2.64 bits per heavy atom. The molecule has 0 N–H and O–H groups in total. The van der Waals surface area contributed by atoms with Crippen LogP contribution in [0.2, 0.25) is 0 Å². The molecule has 4 rings (SSSR count). The second-order valence-corrected chi connectivity index (χ2v) is 6.64. The molecule has 0 spiro atoms. The minimum Gasteiger partial charge on any atom is -0.450 e. The summed E-state index contributed by atoms with van der Waals surface area (Å²) >= 11 is 0. The zero-order valence-electron chi connectivity index (χ0n) is 15.5. The van der Waals surface area contributed by atoms with E-state index in [1.165, 1.54) is 11.0 Å². The van der Waals surface area contributed by atoms with Gasteiger partial charge in [0.15, 0.2) is 5.43 Å². The van der Waals surface area contributed by atoms with Gasteiger partial charge in [-0.1, -0.05) is 30.3 Å². The van der Waals surface area contributed by atoms with Crippen molar-refractivity contribution in [1.29, 1.82) is 0 Å². The van der Waals surface area contributed by atoms with Gasteiger partial charge >= 0.3 is 0 Å². The SMILES string of the molecule is CCOCCCN1C(=O)c2oc3ccccc3c(=O)c2[C@H]1c1ccccc1F. The van der Waals surface area contributed by atoms with Gasteiger partial charge in [0, 0.05) is 25.3 Å². The Hall–Kier alpha value is -2.99. The van der Waals surface area contributed by atoms with Crippen molar-refractivity contribution in [3.05, 3.63) is 81.5 Å². The van der Waals surface area contributed by atoms with Gasteiger partial charge in [-0.2, -0.15) is 0 Å². The highest BCUT2D eigenvalue weighted by Gasteiger charge is 2.43. The smallest absolute Gasteiger partial charge is 0.290 e. The Labute approximate surface area is 161 Å². The minimum absolute atomic E-state index is 0.00615. The molecule has 28 heavy (non-hydrogen) atoms. The molecule has 6 heteroatoms. The number of hydrogen-bond acceptors (Lipinski definition) is 4. The standard InChI is InChI=1S/C22H20FNO4/c1-2-27-13-7-12-24-19(14-8-3-5-10-16(14)23)18-20(25)15-9-4-6-11-17(15)28-21(18)22(24)26/h3-6,8-11,19H,2,7,12-13H2,1H3/t19-/m1/s1. The lowest BCUT2D eigenvalue weighted by Gasteiger charge is -2.25. The van der Waals surface area contributed by atoms with E-state index in [0.717, 1.165) is 0 Å². The molecule has 3 aromatic rings. The van der Waals surface area contributed by atoms with E-state index in [-0.39, 0.29) is 22.3 Å². The molecule has 1 aliphatic heterocycles. The van der Waals surface area contributed by atoms with E-state index < -0.39 is 17.8 Å². The number of carbonyl (C=O) groups is 1. The van der Waals surface area contributed by atoms with Crippen molar-refractivity contribution in [3.63, 3.8) is 0 Å². The van der Waals surface area contributed by atoms with Gasteiger partial charge in [0.2, 0.25) is 5.76 Å². The van der Waals surface area contributed by atoms with Crippen molar-refractivity contribution in [3.8, 4) is 0 Å². The fraction of sp³-hybridized carbons (Fsp3) is 0.273. The Bertz CT molecular complexity index is 1090. The quantitative estimate of drug-likeness (QED) is 0.608. The second-order valence-electron chi connectivity index (χ2n) is 6.64. The van der Waals surface area contributed by atoms with Crippen molar-refractivity contribution in [2.45, 2.75) is 19.4 Å². The summed E-state index contributed by atoms with van der Waals surface area (Å²) in [5.41, 5.74) is 0.535. The summed E-state index contributed by atoms with van der Waals surface area (Å²) in [6, 6.07) is 12.2. The van der Waals surface area contributed by atoms with E-state index in [0.29, 0.717) is 37.1 Å². The lowest BCUT2D eigenvalue weighted by atomic mass is 9.98. The van der Waals surface area contributed by atoms with Crippen LogP contribution in [0.25, 0.3) is 11.0 Å². The van der Waals surface area contributed by atoms with Crippen LogP contribution >= 0.6 is 0 Å². The zero-order valence-corrected chi connectivity index (χ0v) is 15.5. The highest BCUT2D eigenvalue weighted by atomic mass is 19.1. The summed E-state index contributed by atoms with van der Waals surface area (Å²) in [6.07, 6.45) is 0.576. The molecule has 0 unspecified atom stereocenters. The zero-order chi connectivity index (χ0) is 19.7. The molecule has 1 atom stereocenters. The lowest BCUT2D eigenvalue weighted by Crippen LogP contribution is -2.31. The molecule has 1 aliphatic rings. The number of fused-ring (bicyclic) bond motifs is 2. The monoisotopic (exact) mass is 381 g/mol. The number of ether oxygens (including phenoxy) is 1. The number of nitrogens with zero attached hydrogens (tertiary/aromatic N) is 1. The molecule has 0 fully saturated rings. The van der Waals surface area contributed by atoms with Crippen molar-refractivity contribution >= 4 is 16.9 Å². The number of amides is 1. The van der Waals surface area contributed by atoms with Gasteiger partial charge in [-0.3, -0.25) is 9.59 Å². The summed E-state index contributed by atoms with van der Waals surface area (Å²) in [7, 11) is 0. The maximum absolute atomic E-state index is 14.6. The third kappa shape index (κ3) is 2.99. The molecule has 144 valence electrons. The van der Waals surface area contributed by atoms with E-state index in [1.54, 1.807) is 42.5 Å². The summed E-state index contributed by atoms with van der Waals surface area (Å²) in [5, 5.41) is 0.381. The van der Waals surface area contributed by atoms with Crippen molar-refractivity contribution in [1.82, 2.24) is 4.90 Å². The van der Waals surface area contributed by atoms with Gasteiger partial charge < -0.3 is 14.1 Å².